The molecule has 0 atom stereocenters. The molecule has 1 aromatic heterocycles. The lowest BCUT2D eigenvalue weighted by atomic mass is 9.94. The van der Waals surface area contributed by atoms with Gasteiger partial charge in [-0.25, -0.2) is 18.3 Å². The molecule has 1 aliphatic rings. The lowest BCUT2D eigenvalue weighted by Gasteiger charge is -2.21. The molecule has 24 heavy (non-hydrogen) atoms. The van der Waals surface area contributed by atoms with Gasteiger partial charge in [0.1, 0.15) is 5.82 Å². The molecule has 1 aromatic carbocycles. The van der Waals surface area contributed by atoms with Crippen molar-refractivity contribution in [3.63, 3.8) is 0 Å². The minimum absolute atomic E-state index is 0.0609. The molecule has 0 radical (unpaired) electrons. The minimum Gasteiger partial charge on any atom is -0.317 e. The van der Waals surface area contributed by atoms with Gasteiger partial charge in [0, 0.05) is 18.5 Å². The smallest absolute Gasteiger partial charge is 0.317 e. The molecule has 1 aliphatic heterocycles. The summed E-state index contributed by atoms with van der Waals surface area (Å²) in [6.45, 7) is 4.31. The van der Waals surface area contributed by atoms with Gasteiger partial charge in [0.05, 0.1) is 6.54 Å². The van der Waals surface area contributed by atoms with Crippen LogP contribution in [0.25, 0.3) is 0 Å². The second-order valence-electron chi connectivity index (χ2n) is 6.21. The Morgan fingerprint density at radius 1 is 1.29 bits per heavy atom. The number of nitrogens with zero attached hydrogens (tertiary/aromatic N) is 3. The van der Waals surface area contributed by atoms with Crippen LogP contribution in [0.2, 0.25) is 0 Å². The summed E-state index contributed by atoms with van der Waals surface area (Å²) in [5.41, 5.74) is -0.142. The van der Waals surface area contributed by atoms with E-state index in [1.165, 1.54) is 16.8 Å². The summed E-state index contributed by atoms with van der Waals surface area (Å²) < 4.78 is 30.1. The first-order valence-electron chi connectivity index (χ1n) is 8.40. The van der Waals surface area contributed by atoms with Gasteiger partial charge in [-0.1, -0.05) is 12.1 Å². The van der Waals surface area contributed by atoms with Crippen molar-refractivity contribution in [2.24, 2.45) is 5.92 Å². The van der Waals surface area contributed by atoms with Crippen LogP contribution in [0.5, 0.6) is 0 Å². The summed E-state index contributed by atoms with van der Waals surface area (Å²) >= 11 is 0. The number of aromatic nitrogens is 3. The monoisotopic (exact) mass is 336 g/mol. The molecule has 130 valence electrons. The lowest BCUT2D eigenvalue weighted by Crippen LogP contribution is -2.30. The van der Waals surface area contributed by atoms with Gasteiger partial charge >= 0.3 is 5.69 Å². The molecule has 1 N–H and O–H groups in total. The highest BCUT2D eigenvalue weighted by Crippen LogP contribution is 2.17. The fourth-order valence-corrected chi connectivity index (χ4v) is 3.23. The standard InChI is InChI=1S/C17H22F2N4O/c1-2-22-15(10-12-6-8-20-9-7-12)21-23(17(22)24)11-13-4-3-5-14(18)16(13)19/h3-5,12,20H,2,6-11H2,1H3. The van der Waals surface area contributed by atoms with Crippen molar-refractivity contribution < 1.29 is 8.78 Å². The van der Waals surface area contributed by atoms with E-state index < -0.39 is 11.6 Å². The van der Waals surface area contributed by atoms with Crippen LogP contribution < -0.4 is 11.0 Å². The average molecular weight is 336 g/mol. The van der Waals surface area contributed by atoms with Crippen LogP contribution in [0.15, 0.2) is 23.0 Å². The average Bonchev–Trinajstić information content (AvgIpc) is 2.87. The van der Waals surface area contributed by atoms with Crippen molar-refractivity contribution >= 4 is 0 Å². The molecule has 1 saturated heterocycles. The minimum atomic E-state index is -0.921. The Labute approximate surface area is 139 Å². The highest BCUT2D eigenvalue weighted by Gasteiger charge is 2.20. The topological polar surface area (TPSA) is 51.9 Å². The second-order valence-corrected chi connectivity index (χ2v) is 6.21. The molecule has 0 saturated carbocycles. The van der Waals surface area contributed by atoms with E-state index in [0.717, 1.165) is 44.2 Å². The van der Waals surface area contributed by atoms with Gasteiger partial charge in [0.15, 0.2) is 11.6 Å². The SMILES string of the molecule is CCn1c(CC2CCNCC2)nn(Cc2cccc(F)c2F)c1=O. The van der Waals surface area contributed by atoms with Crippen molar-refractivity contribution in [2.75, 3.05) is 13.1 Å². The maximum Gasteiger partial charge on any atom is 0.346 e. The van der Waals surface area contributed by atoms with E-state index in [0.29, 0.717) is 12.5 Å². The molecule has 5 nitrogen and oxygen atoms in total. The molecular weight excluding hydrogens is 314 g/mol. The molecule has 0 spiro atoms. The fraction of sp³-hybridized carbons (Fsp3) is 0.529. The van der Waals surface area contributed by atoms with Gasteiger partial charge in [-0.3, -0.25) is 4.57 Å². The zero-order valence-corrected chi connectivity index (χ0v) is 13.8. The first-order valence-corrected chi connectivity index (χ1v) is 8.40. The van der Waals surface area contributed by atoms with E-state index in [1.54, 1.807) is 4.57 Å². The first-order chi connectivity index (χ1) is 11.6. The van der Waals surface area contributed by atoms with Gasteiger partial charge in [0.2, 0.25) is 0 Å². The second kappa shape index (κ2) is 7.25. The first kappa shape index (κ1) is 16.8. The van der Waals surface area contributed by atoms with Crippen LogP contribution >= 0.6 is 0 Å². The predicted octanol–water partition coefficient (Wildman–Crippen LogP) is 1.93. The number of piperidine rings is 1. The third-order valence-electron chi connectivity index (χ3n) is 4.60. The third kappa shape index (κ3) is 3.40. The molecule has 0 bridgehead atoms. The molecule has 0 amide bonds. The zero-order chi connectivity index (χ0) is 17.1. The van der Waals surface area contributed by atoms with E-state index >= 15 is 0 Å². The van der Waals surface area contributed by atoms with Crippen LogP contribution in [0.4, 0.5) is 8.78 Å². The predicted molar refractivity (Wildman–Crippen MR) is 86.9 cm³/mol. The number of benzene rings is 1. The van der Waals surface area contributed by atoms with Gasteiger partial charge in [-0.2, -0.15) is 5.10 Å². The van der Waals surface area contributed by atoms with Crippen LogP contribution in [-0.2, 0) is 19.5 Å². The van der Waals surface area contributed by atoms with Crippen molar-refractivity contribution in [1.82, 2.24) is 19.7 Å². The number of rotatable bonds is 5. The number of hydrogen-bond acceptors (Lipinski definition) is 3. The Bertz CT molecular complexity index is 762. The summed E-state index contributed by atoms with van der Waals surface area (Å²) in [6.07, 6.45) is 2.86. The van der Waals surface area contributed by atoms with Crippen molar-refractivity contribution in [2.45, 2.75) is 39.3 Å². The molecular formula is C17H22F2N4O. The van der Waals surface area contributed by atoms with Crippen molar-refractivity contribution in [3.05, 3.63) is 51.7 Å². The number of nitrogens with one attached hydrogen (secondary N) is 1. The van der Waals surface area contributed by atoms with Crippen LogP contribution in [0, 0.1) is 17.6 Å². The summed E-state index contributed by atoms with van der Waals surface area (Å²) in [4.78, 5) is 12.5. The van der Waals surface area contributed by atoms with E-state index in [9.17, 15) is 13.6 Å². The fourth-order valence-electron chi connectivity index (χ4n) is 3.23. The number of hydrogen-bond donors (Lipinski definition) is 1. The van der Waals surface area contributed by atoms with E-state index in [2.05, 4.69) is 10.4 Å². The van der Waals surface area contributed by atoms with E-state index in [4.69, 9.17) is 0 Å². The van der Waals surface area contributed by atoms with Gasteiger partial charge in [-0.15, -0.1) is 0 Å². The Balaban J connectivity index is 1.86. The lowest BCUT2D eigenvalue weighted by molar-refractivity contribution is 0.362. The van der Waals surface area contributed by atoms with Crippen molar-refractivity contribution in [1.29, 1.82) is 0 Å². The van der Waals surface area contributed by atoms with Gasteiger partial charge in [0.25, 0.3) is 0 Å². The molecule has 3 rings (SSSR count). The Morgan fingerprint density at radius 3 is 2.75 bits per heavy atom. The third-order valence-corrected chi connectivity index (χ3v) is 4.60. The van der Waals surface area contributed by atoms with Crippen LogP contribution in [0.1, 0.15) is 31.2 Å². The van der Waals surface area contributed by atoms with Crippen LogP contribution in [0.3, 0.4) is 0 Å². The maximum atomic E-state index is 13.8. The molecule has 0 unspecified atom stereocenters. The summed E-state index contributed by atoms with van der Waals surface area (Å²) in [5.74, 6) is -0.607. The Kier molecular flexibility index (Phi) is 5.08. The molecule has 7 heteroatoms. The highest BCUT2D eigenvalue weighted by atomic mass is 19.2. The van der Waals surface area contributed by atoms with Crippen LogP contribution in [-0.4, -0.2) is 27.4 Å². The normalized spacial score (nSPS) is 15.8. The van der Waals surface area contributed by atoms with E-state index in [-0.39, 0.29) is 17.8 Å². The van der Waals surface area contributed by atoms with Crippen molar-refractivity contribution in [3.8, 4) is 0 Å². The summed E-state index contributed by atoms with van der Waals surface area (Å²) in [5, 5.41) is 7.72. The molecule has 2 aromatic rings. The number of halogens is 2. The molecule has 0 aliphatic carbocycles. The van der Waals surface area contributed by atoms with Gasteiger partial charge in [-0.05, 0) is 44.8 Å². The molecule has 1 fully saturated rings. The highest BCUT2D eigenvalue weighted by molar-refractivity contribution is 5.19. The zero-order valence-electron chi connectivity index (χ0n) is 13.8. The Morgan fingerprint density at radius 2 is 2.04 bits per heavy atom. The van der Waals surface area contributed by atoms with E-state index in [1.807, 2.05) is 6.92 Å². The summed E-state index contributed by atoms with van der Waals surface area (Å²) in [7, 11) is 0. The molecule has 2 heterocycles. The summed E-state index contributed by atoms with van der Waals surface area (Å²) in [6, 6.07) is 3.97. The van der Waals surface area contributed by atoms with Gasteiger partial charge < -0.3 is 5.32 Å². The quantitative estimate of drug-likeness (QED) is 0.908. The largest absolute Gasteiger partial charge is 0.346 e. The Hall–Kier alpha value is -2.02. The maximum absolute atomic E-state index is 13.8.